The Labute approximate surface area is 182 Å². The van der Waals surface area contributed by atoms with E-state index in [0.717, 1.165) is 35.9 Å². The van der Waals surface area contributed by atoms with Crippen LogP contribution in [0.5, 0.6) is 5.75 Å². The van der Waals surface area contributed by atoms with Crippen LogP contribution in [-0.4, -0.2) is 43.8 Å². The molecule has 1 aliphatic rings. The number of fused-ring (bicyclic) bond motifs is 1. The highest BCUT2D eigenvalue weighted by Gasteiger charge is 2.27. The molecule has 1 N–H and O–H groups in total. The highest BCUT2D eigenvalue weighted by atomic mass is 32.2. The van der Waals surface area contributed by atoms with Crippen molar-refractivity contribution in [3.8, 4) is 5.75 Å². The van der Waals surface area contributed by atoms with Gasteiger partial charge in [0.05, 0.1) is 28.8 Å². The van der Waals surface area contributed by atoms with E-state index in [4.69, 9.17) is 4.74 Å². The van der Waals surface area contributed by atoms with E-state index in [1.807, 2.05) is 31.2 Å². The summed E-state index contributed by atoms with van der Waals surface area (Å²) < 4.78 is 33.0. The van der Waals surface area contributed by atoms with Crippen LogP contribution in [0.15, 0.2) is 53.4 Å². The molecule has 162 valence electrons. The third-order valence-corrected chi connectivity index (χ3v) is 7.36. The first-order valence-electron chi connectivity index (χ1n) is 10.3. The molecule has 0 radical (unpaired) electrons. The van der Waals surface area contributed by atoms with Crippen molar-refractivity contribution in [1.29, 1.82) is 0 Å². The molecule has 4 rings (SSSR count). The van der Waals surface area contributed by atoms with Crippen molar-refractivity contribution >= 4 is 32.5 Å². The topological polar surface area (TPSA) is 88.6 Å². The lowest BCUT2D eigenvalue weighted by Gasteiger charge is -2.26. The first kappa shape index (κ1) is 21.3. The molecule has 3 aromatic rings. The van der Waals surface area contributed by atoms with Crippen LogP contribution < -0.4 is 10.1 Å². The van der Waals surface area contributed by atoms with Crippen molar-refractivity contribution in [2.24, 2.45) is 0 Å². The zero-order valence-corrected chi connectivity index (χ0v) is 18.4. The minimum absolute atomic E-state index is 0.140. The summed E-state index contributed by atoms with van der Waals surface area (Å²) in [6.45, 7) is 2.85. The van der Waals surface area contributed by atoms with E-state index in [9.17, 15) is 13.2 Å². The number of benzene rings is 2. The third kappa shape index (κ3) is 4.26. The number of carbonyl (C=O) groups excluding carboxylic acids is 1. The Morgan fingerprint density at radius 1 is 1.06 bits per heavy atom. The van der Waals surface area contributed by atoms with Gasteiger partial charge in [-0.25, -0.2) is 8.42 Å². The maximum absolute atomic E-state index is 13.2. The average Bonchev–Trinajstić information content (AvgIpc) is 2.79. The van der Waals surface area contributed by atoms with Gasteiger partial charge in [-0.15, -0.1) is 0 Å². The van der Waals surface area contributed by atoms with Gasteiger partial charge in [-0.3, -0.25) is 9.78 Å². The Morgan fingerprint density at radius 2 is 1.81 bits per heavy atom. The SMILES string of the molecule is COc1ccc(S(=O)(=O)N2CCCCC2)cc1NC(=O)c1cc(C)nc2ccccc12. The first-order valence-corrected chi connectivity index (χ1v) is 11.7. The number of nitrogens with zero attached hydrogens (tertiary/aromatic N) is 2. The van der Waals surface area contributed by atoms with Crippen molar-refractivity contribution in [3.63, 3.8) is 0 Å². The normalized spacial score (nSPS) is 15.0. The van der Waals surface area contributed by atoms with Crippen LogP contribution in [0.3, 0.4) is 0 Å². The van der Waals surface area contributed by atoms with Crippen molar-refractivity contribution in [2.45, 2.75) is 31.1 Å². The molecule has 0 spiro atoms. The molecule has 1 aliphatic heterocycles. The lowest BCUT2D eigenvalue weighted by molar-refractivity contribution is 0.102. The van der Waals surface area contributed by atoms with Crippen LogP contribution in [0.2, 0.25) is 0 Å². The van der Waals surface area contributed by atoms with Crippen LogP contribution in [0.25, 0.3) is 10.9 Å². The predicted octanol–water partition coefficient (Wildman–Crippen LogP) is 3.98. The monoisotopic (exact) mass is 439 g/mol. The molecule has 2 aromatic carbocycles. The van der Waals surface area contributed by atoms with Gasteiger partial charge >= 0.3 is 0 Å². The summed E-state index contributed by atoms with van der Waals surface area (Å²) >= 11 is 0. The van der Waals surface area contributed by atoms with Gasteiger partial charge in [0.15, 0.2) is 0 Å². The van der Waals surface area contributed by atoms with E-state index in [1.165, 1.54) is 23.5 Å². The molecule has 2 heterocycles. The highest BCUT2D eigenvalue weighted by molar-refractivity contribution is 7.89. The van der Waals surface area contributed by atoms with Crippen molar-refractivity contribution < 1.29 is 17.9 Å². The summed E-state index contributed by atoms with van der Waals surface area (Å²) in [5.41, 5.74) is 2.22. The number of amides is 1. The molecule has 0 bridgehead atoms. The highest BCUT2D eigenvalue weighted by Crippen LogP contribution is 2.31. The number of pyridine rings is 1. The standard InChI is InChI=1S/C23H25N3O4S/c1-16-14-19(18-8-4-5-9-20(18)24-16)23(27)25-21-15-17(10-11-22(21)30-2)31(28,29)26-12-6-3-7-13-26/h4-5,8-11,14-15H,3,6-7,12-13H2,1-2H3,(H,25,27). The maximum atomic E-state index is 13.2. The van der Waals surface area contributed by atoms with Crippen molar-refractivity contribution in [2.75, 3.05) is 25.5 Å². The Kier molecular flexibility index (Phi) is 5.93. The van der Waals surface area contributed by atoms with Gasteiger partial charge in [0.25, 0.3) is 5.91 Å². The molecule has 31 heavy (non-hydrogen) atoms. The lowest BCUT2D eigenvalue weighted by Crippen LogP contribution is -2.35. The molecule has 7 nitrogen and oxygen atoms in total. The zero-order chi connectivity index (χ0) is 22.0. The van der Waals surface area contributed by atoms with Crippen LogP contribution in [-0.2, 0) is 10.0 Å². The summed E-state index contributed by atoms with van der Waals surface area (Å²) in [4.78, 5) is 17.8. The van der Waals surface area contributed by atoms with Gasteiger partial charge in [0.1, 0.15) is 5.75 Å². The van der Waals surface area contributed by atoms with E-state index >= 15 is 0 Å². The molecule has 0 unspecified atom stereocenters. The molecule has 1 aromatic heterocycles. The number of ether oxygens (including phenoxy) is 1. The van der Waals surface area contributed by atoms with E-state index in [1.54, 1.807) is 12.1 Å². The number of carbonyl (C=O) groups is 1. The fourth-order valence-electron chi connectivity index (χ4n) is 3.88. The number of anilines is 1. The van der Waals surface area contributed by atoms with Gasteiger partial charge < -0.3 is 10.1 Å². The second kappa shape index (κ2) is 8.64. The Balaban J connectivity index is 1.70. The number of aromatic nitrogens is 1. The van der Waals surface area contributed by atoms with Crippen LogP contribution in [0.4, 0.5) is 5.69 Å². The van der Waals surface area contributed by atoms with Gasteiger partial charge in [-0.05, 0) is 50.1 Å². The molecular formula is C23H25N3O4S. The Morgan fingerprint density at radius 3 is 2.55 bits per heavy atom. The number of para-hydroxylation sites is 1. The van der Waals surface area contributed by atoms with Gasteiger partial charge in [0.2, 0.25) is 10.0 Å². The number of rotatable bonds is 5. The van der Waals surface area contributed by atoms with Crippen LogP contribution >= 0.6 is 0 Å². The molecular weight excluding hydrogens is 414 g/mol. The Hall–Kier alpha value is -2.97. The molecule has 1 fully saturated rings. The summed E-state index contributed by atoms with van der Waals surface area (Å²) in [5, 5.41) is 3.56. The first-order chi connectivity index (χ1) is 14.9. The lowest BCUT2D eigenvalue weighted by atomic mass is 10.1. The van der Waals surface area contributed by atoms with E-state index in [-0.39, 0.29) is 10.8 Å². The number of sulfonamides is 1. The summed E-state index contributed by atoms with van der Waals surface area (Å²) in [7, 11) is -2.15. The maximum Gasteiger partial charge on any atom is 0.256 e. The number of hydrogen-bond acceptors (Lipinski definition) is 5. The number of piperidine rings is 1. The zero-order valence-electron chi connectivity index (χ0n) is 17.6. The molecule has 1 amide bonds. The predicted molar refractivity (Wildman–Crippen MR) is 120 cm³/mol. The third-order valence-electron chi connectivity index (χ3n) is 5.46. The van der Waals surface area contributed by atoms with E-state index in [2.05, 4.69) is 10.3 Å². The van der Waals surface area contributed by atoms with Gasteiger partial charge in [0, 0.05) is 24.2 Å². The fraction of sp³-hybridized carbons (Fsp3) is 0.304. The molecule has 1 saturated heterocycles. The average molecular weight is 440 g/mol. The van der Waals surface area contributed by atoms with Crippen molar-refractivity contribution in [3.05, 3.63) is 59.8 Å². The minimum atomic E-state index is -3.63. The van der Waals surface area contributed by atoms with Crippen LogP contribution in [0, 0.1) is 6.92 Å². The summed E-state index contributed by atoms with van der Waals surface area (Å²) in [6, 6.07) is 13.7. The molecule has 0 aliphatic carbocycles. The molecule has 8 heteroatoms. The second-order valence-corrected chi connectivity index (χ2v) is 9.55. The summed E-state index contributed by atoms with van der Waals surface area (Å²) in [6.07, 6.45) is 2.75. The molecule has 0 saturated carbocycles. The van der Waals surface area contributed by atoms with Gasteiger partial charge in [-0.1, -0.05) is 24.6 Å². The van der Waals surface area contributed by atoms with Crippen molar-refractivity contribution in [1.82, 2.24) is 9.29 Å². The number of hydrogen-bond donors (Lipinski definition) is 1. The largest absolute Gasteiger partial charge is 0.495 e. The molecule has 0 atom stereocenters. The second-order valence-electron chi connectivity index (χ2n) is 7.61. The van der Waals surface area contributed by atoms with Crippen LogP contribution in [0.1, 0.15) is 35.3 Å². The fourth-order valence-corrected chi connectivity index (χ4v) is 5.43. The minimum Gasteiger partial charge on any atom is -0.495 e. The number of methoxy groups -OCH3 is 1. The van der Waals surface area contributed by atoms with E-state index in [0.29, 0.717) is 30.1 Å². The quantitative estimate of drug-likeness (QED) is 0.650. The van der Waals surface area contributed by atoms with Gasteiger partial charge in [-0.2, -0.15) is 4.31 Å². The smallest absolute Gasteiger partial charge is 0.256 e. The van der Waals surface area contributed by atoms with E-state index < -0.39 is 10.0 Å². The Bertz CT molecular complexity index is 1230. The summed E-state index contributed by atoms with van der Waals surface area (Å²) in [5.74, 6) is 0.0357. The number of aryl methyl sites for hydroxylation is 1. The number of nitrogens with one attached hydrogen (secondary N) is 1.